The van der Waals surface area contributed by atoms with Gasteiger partial charge in [0.05, 0.1) is 31.2 Å². The highest BCUT2D eigenvalue weighted by molar-refractivity contribution is 7.99. The number of methoxy groups -OCH3 is 1. The zero-order valence-corrected chi connectivity index (χ0v) is 19.8. The van der Waals surface area contributed by atoms with E-state index in [-0.39, 0.29) is 5.56 Å². The van der Waals surface area contributed by atoms with E-state index >= 15 is 0 Å². The molecule has 2 heterocycles. The predicted octanol–water partition coefficient (Wildman–Crippen LogP) is 4.58. The van der Waals surface area contributed by atoms with E-state index in [1.807, 2.05) is 84.1 Å². The third-order valence-corrected chi connectivity index (χ3v) is 6.56. The Balaban J connectivity index is 1.50. The average molecular weight is 473 g/mol. The molecule has 0 aliphatic carbocycles. The second-order valence-corrected chi connectivity index (χ2v) is 8.86. The lowest BCUT2D eigenvalue weighted by Crippen LogP contribution is -2.24. The molecule has 0 spiro atoms. The van der Waals surface area contributed by atoms with Crippen LogP contribution in [0.5, 0.6) is 11.5 Å². The van der Waals surface area contributed by atoms with Crippen LogP contribution in [0.1, 0.15) is 11.1 Å². The molecule has 0 radical (unpaired) electrons. The smallest absolute Gasteiger partial charge is 0.263 e. The SMILES string of the molecule is COc1ccccc1Cn1c(=O)c2ccccc2n2c(SCCOc3ccccc3C)nnc12. The van der Waals surface area contributed by atoms with Crippen molar-refractivity contribution in [2.45, 2.75) is 18.6 Å². The highest BCUT2D eigenvalue weighted by atomic mass is 32.2. The molecular formula is C26H24N4O3S. The number of fused-ring (bicyclic) bond motifs is 3. The van der Waals surface area contributed by atoms with Crippen LogP contribution in [0.3, 0.4) is 0 Å². The van der Waals surface area contributed by atoms with Crippen LogP contribution in [0, 0.1) is 6.92 Å². The van der Waals surface area contributed by atoms with Gasteiger partial charge < -0.3 is 9.47 Å². The molecule has 5 aromatic rings. The van der Waals surface area contributed by atoms with Crippen LogP contribution in [0.2, 0.25) is 0 Å². The molecule has 7 nitrogen and oxygen atoms in total. The summed E-state index contributed by atoms with van der Waals surface area (Å²) >= 11 is 1.55. The highest BCUT2D eigenvalue weighted by Gasteiger charge is 2.18. The summed E-state index contributed by atoms with van der Waals surface area (Å²) in [6.07, 6.45) is 0. The zero-order chi connectivity index (χ0) is 23.5. The van der Waals surface area contributed by atoms with Gasteiger partial charge in [0, 0.05) is 11.3 Å². The summed E-state index contributed by atoms with van der Waals surface area (Å²) < 4.78 is 15.0. The Kier molecular flexibility index (Phi) is 6.22. The quantitative estimate of drug-likeness (QED) is 0.243. The largest absolute Gasteiger partial charge is 0.496 e. The van der Waals surface area contributed by atoms with Crippen molar-refractivity contribution in [3.05, 3.63) is 94.3 Å². The number of hydrogen-bond acceptors (Lipinski definition) is 6. The summed E-state index contributed by atoms with van der Waals surface area (Å²) in [5, 5.41) is 10.2. The molecule has 2 aromatic heterocycles. The van der Waals surface area contributed by atoms with E-state index in [2.05, 4.69) is 10.2 Å². The first-order valence-corrected chi connectivity index (χ1v) is 12.0. The molecule has 0 bridgehead atoms. The van der Waals surface area contributed by atoms with E-state index in [0.29, 0.717) is 35.2 Å². The van der Waals surface area contributed by atoms with E-state index < -0.39 is 0 Å². The van der Waals surface area contributed by atoms with Crippen molar-refractivity contribution < 1.29 is 9.47 Å². The van der Waals surface area contributed by atoms with E-state index in [1.165, 1.54) is 0 Å². The van der Waals surface area contributed by atoms with Crippen molar-refractivity contribution in [3.63, 3.8) is 0 Å². The topological polar surface area (TPSA) is 70.7 Å². The van der Waals surface area contributed by atoms with Gasteiger partial charge in [-0.15, -0.1) is 10.2 Å². The fraction of sp³-hybridized carbons (Fsp3) is 0.192. The molecule has 0 aliphatic rings. The van der Waals surface area contributed by atoms with Gasteiger partial charge >= 0.3 is 0 Å². The Morgan fingerprint density at radius 1 is 0.912 bits per heavy atom. The van der Waals surface area contributed by atoms with E-state index in [4.69, 9.17) is 9.47 Å². The molecule has 0 saturated heterocycles. The molecule has 8 heteroatoms. The molecule has 3 aromatic carbocycles. The van der Waals surface area contributed by atoms with E-state index in [9.17, 15) is 4.79 Å². The lowest BCUT2D eigenvalue weighted by Gasteiger charge is -2.13. The monoisotopic (exact) mass is 472 g/mol. The number of benzene rings is 3. The van der Waals surface area contributed by atoms with Gasteiger partial charge in [-0.05, 0) is 36.8 Å². The van der Waals surface area contributed by atoms with Crippen molar-refractivity contribution in [1.82, 2.24) is 19.2 Å². The summed E-state index contributed by atoms with van der Waals surface area (Å²) in [6, 6.07) is 23.2. The average Bonchev–Trinajstić information content (AvgIpc) is 3.29. The first kappa shape index (κ1) is 22.0. The Hall–Kier alpha value is -3.78. The Morgan fingerprint density at radius 2 is 1.65 bits per heavy atom. The van der Waals surface area contributed by atoms with Crippen molar-refractivity contribution >= 4 is 28.4 Å². The second kappa shape index (κ2) is 9.61. The minimum atomic E-state index is -0.110. The minimum Gasteiger partial charge on any atom is -0.496 e. The summed E-state index contributed by atoms with van der Waals surface area (Å²) in [6.45, 7) is 2.89. The number of aromatic nitrogens is 4. The van der Waals surface area contributed by atoms with Crippen LogP contribution in [-0.4, -0.2) is 38.6 Å². The fourth-order valence-corrected chi connectivity index (χ4v) is 4.73. The summed E-state index contributed by atoms with van der Waals surface area (Å²) in [5.41, 5.74) is 2.67. The third-order valence-electron chi connectivity index (χ3n) is 5.66. The standard InChI is InChI=1S/C26H24N4O3S/c1-18-9-3-7-13-22(18)33-15-16-34-26-28-27-25-29(17-19-10-4-8-14-23(19)32-2)24(31)20-11-5-6-12-21(20)30(25)26/h3-14H,15-17H2,1-2H3. The summed E-state index contributed by atoms with van der Waals surface area (Å²) in [4.78, 5) is 13.4. The molecule has 0 atom stereocenters. The van der Waals surface area contributed by atoms with Gasteiger partial charge in [-0.25, -0.2) is 0 Å². The molecule has 0 unspecified atom stereocenters. The molecule has 0 fully saturated rings. The van der Waals surface area contributed by atoms with Gasteiger partial charge in [-0.2, -0.15) is 0 Å². The Labute approximate surface area is 201 Å². The first-order valence-electron chi connectivity index (χ1n) is 11.0. The molecule has 0 saturated carbocycles. The molecule has 0 amide bonds. The van der Waals surface area contributed by atoms with Crippen molar-refractivity contribution in [3.8, 4) is 11.5 Å². The number of nitrogens with zero attached hydrogens (tertiary/aromatic N) is 4. The van der Waals surface area contributed by atoms with Crippen LogP contribution in [0.15, 0.2) is 82.7 Å². The predicted molar refractivity (Wildman–Crippen MR) is 134 cm³/mol. The van der Waals surface area contributed by atoms with Crippen LogP contribution < -0.4 is 15.0 Å². The Bertz CT molecular complexity index is 1530. The van der Waals surface area contributed by atoms with Crippen molar-refractivity contribution in [2.75, 3.05) is 19.5 Å². The molecule has 0 N–H and O–H groups in total. The highest BCUT2D eigenvalue weighted by Crippen LogP contribution is 2.24. The molecule has 0 aliphatic heterocycles. The molecule has 5 rings (SSSR count). The van der Waals surface area contributed by atoms with Crippen LogP contribution in [0.25, 0.3) is 16.7 Å². The fourth-order valence-electron chi connectivity index (χ4n) is 3.98. The van der Waals surface area contributed by atoms with E-state index in [0.717, 1.165) is 28.1 Å². The third kappa shape index (κ3) is 4.12. The van der Waals surface area contributed by atoms with Gasteiger partial charge in [0.15, 0.2) is 5.16 Å². The van der Waals surface area contributed by atoms with Crippen molar-refractivity contribution in [1.29, 1.82) is 0 Å². The van der Waals surface area contributed by atoms with Crippen LogP contribution in [-0.2, 0) is 6.54 Å². The number of ether oxygens (including phenoxy) is 2. The normalized spacial score (nSPS) is 11.2. The number of aryl methyl sites for hydroxylation is 1. The number of thioether (sulfide) groups is 1. The summed E-state index contributed by atoms with van der Waals surface area (Å²) in [5.74, 6) is 2.79. The lowest BCUT2D eigenvalue weighted by molar-refractivity contribution is 0.341. The van der Waals surface area contributed by atoms with Gasteiger partial charge in [0.2, 0.25) is 5.78 Å². The maximum atomic E-state index is 13.4. The summed E-state index contributed by atoms with van der Waals surface area (Å²) in [7, 11) is 1.63. The van der Waals surface area contributed by atoms with E-state index in [1.54, 1.807) is 23.4 Å². The Morgan fingerprint density at radius 3 is 2.47 bits per heavy atom. The number of hydrogen-bond donors (Lipinski definition) is 0. The first-order chi connectivity index (χ1) is 16.7. The van der Waals surface area contributed by atoms with Gasteiger partial charge in [-0.1, -0.05) is 60.3 Å². The van der Waals surface area contributed by atoms with Crippen LogP contribution >= 0.6 is 11.8 Å². The lowest BCUT2D eigenvalue weighted by atomic mass is 10.2. The second-order valence-electron chi connectivity index (χ2n) is 7.80. The van der Waals surface area contributed by atoms with Gasteiger partial charge in [0.25, 0.3) is 5.56 Å². The van der Waals surface area contributed by atoms with Gasteiger partial charge in [-0.3, -0.25) is 13.8 Å². The molecule has 34 heavy (non-hydrogen) atoms. The maximum Gasteiger partial charge on any atom is 0.263 e. The minimum absolute atomic E-state index is 0.110. The molecular weight excluding hydrogens is 448 g/mol. The maximum absolute atomic E-state index is 13.4. The van der Waals surface area contributed by atoms with Crippen LogP contribution in [0.4, 0.5) is 0 Å². The number of para-hydroxylation sites is 3. The van der Waals surface area contributed by atoms with Crippen molar-refractivity contribution in [2.24, 2.45) is 0 Å². The number of rotatable bonds is 8. The van der Waals surface area contributed by atoms with Gasteiger partial charge in [0.1, 0.15) is 11.5 Å². The zero-order valence-electron chi connectivity index (χ0n) is 19.0. The molecule has 172 valence electrons.